The Morgan fingerprint density at radius 1 is 1.27 bits per heavy atom. The van der Waals surface area contributed by atoms with Gasteiger partial charge in [-0.1, -0.05) is 12.1 Å². The summed E-state index contributed by atoms with van der Waals surface area (Å²) >= 11 is 0. The standard InChI is InChI=1S/C16H12N4O2/c1-19-15-7-6-13(20(21)22)9-14(15)18-16(19)8-11-2-4-12(10-17)5-3-11/h2-7,9H,8H2,1H3. The molecule has 3 rings (SSSR count). The molecule has 0 N–H and O–H groups in total. The molecule has 0 atom stereocenters. The minimum atomic E-state index is -0.422. The van der Waals surface area contributed by atoms with E-state index in [4.69, 9.17) is 5.26 Å². The van der Waals surface area contributed by atoms with Gasteiger partial charge in [-0.15, -0.1) is 0 Å². The summed E-state index contributed by atoms with van der Waals surface area (Å²) in [6.45, 7) is 0. The van der Waals surface area contributed by atoms with E-state index in [1.54, 1.807) is 18.2 Å². The van der Waals surface area contributed by atoms with Crippen LogP contribution in [-0.2, 0) is 13.5 Å². The highest BCUT2D eigenvalue weighted by atomic mass is 16.6. The van der Waals surface area contributed by atoms with Crippen LogP contribution in [0.4, 0.5) is 5.69 Å². The number of nitro benzene ring substituents is 1. The second-order valence-corrected chi connectivity index (χ2v) is 5.00. The zero-order chi connectivity index (χ0) is 15.7. The van der Waals surface area contributed by atoms with E-state index in [-0.39, 0.29) is 5.69 Å². The number of aromatic nitrogens is 2. The molecule has 2 aromatic carbocycles. The maximum atomic E-state index is 10.8. The summed E-state index contributed by atoms with van der Waals surface area (Å²) in [6, 6.07) is 14.1. The highest BCUT2D eigenvalue weighted by Crippen LogP contribution is 2.22. The smallest absolute Gasteiger partial charge is 0.271 e. The van der Waals surface area contributed by atoms with Crippen LogP contribution in [-0.4, -0.2) is 14.5 Å². The summed E-state index contributed by atoms with van der Waals surface area (Å²) in [4.78, 5) is 14.9. The summed E-state index contributed by atoms with van der Waals surface area (Å²) < 4.78 is 1.93. The van der Waals surface area contributed by atoms with Gasteiger partial charge in [-0.2, -0.15) is 5.26 Å². The molecule has 0 bridgehead atoms. The molecule has 0 aliphatic carbocycles. The Morgan fingerprint density at radius 2 is 2.00 bits per heavy atom. The molecular formula is C16H12N4O2. The quantitative estimate of drug-likeness (QED) is 0.548. The maximum Gasteiger partial charge on any atom is 0.271 e. The van der Waals surface area contributed by atoms with Crippen molar-refractivity contribution in [2.24, 2.45) is 7.05 Å². The van der Waals surface area contributed by atoms with Gasteiger partial charge in [-0.3, -0.25) is 10.1 Å². The van der Waals surface area contributed by atoms with E-state index in [0.717, 1.165) is 16.9 Å². The summed E-state index contributed by atoms with van der Waals surface area (Å²) in [5.41, 5.74) is 3.15. The first kappa shape index (κ1) is 13.8. The predicted octanol–water partition coefficient (Wildman–Crippen LogP) is 2.94. The van der Waals surface area contributed by atoms with Crippen LogP contribution in [0.15, 0.2) is 42.5 Å². The first-order chi connectivity index (χ1) is 10.6. The van der Waals surface area contributed by atoms with E-state index in [1.165, 1.54) is 12.1 Å². The average molecular weight is 292 g/mol. The van der Waals surface area contributed by atoms with Gasteiger partial charge in [0, 0.05) is 25.6 Å². The number of fused-ring (bicyclic) bond motifs is 1. The molecule has 0 radical (unpaired) electrons. The molecular weight excluding hydrogens is 280 g/mol. The number of aryl methyl sites for hydroxylation is 1. The number of hydrogen-bond acceptors (Lipinski definition) is 4. The summed E-state index contributed by atoms with van der Waals surface area (Å²) in [6.07, 6.45) is 0.602. The topological polar surface area (TPSA) is 84.8 Å². The number of imidazole rings is 1. The van der Waals surface area contributed by atoms with Crippen LogP contribution in [0.1, 0.15) is 17.0 Å². The Kier molecular flexibility index (Phi) is 3.31. The van der Waals surface area contributed by atoms with Gasteiger partial charge in [-0.05, 0) is 23.8 Å². The van der Waals surface area contributed by atoms with Gasteiger partial charge in [0.15, 0.2) is 0 Å². The Bertz CT molecular complexity index is 904. The van der Waals surface area contributed by atoms with Crippen molar-refractivity contribution in [3.63, 3.8) is 0 Å². The molecule has 3 aromatic rings. The number of nitro groups is 1. The van der Waals surface area contributed by atoms with Crippen LogP contribution < -0.4 is 0 Å². The van der Waals surface area contributed by atoms with Crippen molar-refractivity contribution in [1.82, 2.24) is 9.55 Å². The number of nitriles is 1. The SMILES string of the molecule is Cn1c(Cc2ccc(C#N)cc2)nc2cc([N+](=O)[O-])ccc21. The van der Waals surface area contributed by atoms with Crippen LogP contribution in [0.25, 0.3) is 11.0 Å². The Labute approximate surface area is 126 Å². The minimum absolute atomic E-state index is 0.0375. The lowest BCUT2D eigenvalue weighted by Gasteiger charge is -2.02. The zero-order valence-electron chi connectivity index (χ0n) is 11.9. The fourth-order valence-electron chi connectivity index (χ4n) is 2.39. The first-order valence-electron chi connectivity index (χ1n) is 6.67. The van der Waals surface area contributed by atoms with E-state index in [1.807, 2.05) is 23.7 Å². The molecule has 1 heterocycles. The molecule has 0 aliphatic rings. The molecule has 22 heavy (non-hydrogen) atoms. The third-order valence-corrected chi connectivity index (χ3v) is 3.61. The fourth-order valence-corrected chi connectivity index (χ4v) is 2.39. The molecule has 0 fully saturated rings. The molecule has 0 unspecified atom stereocenters. The van der Waals surface area contributed by atoms with Crippen molar-refractivity contribution >= 4 is 16.7 Å². The van der Waals surface area contributed by atoms with Gasteiger partial charge >= 0.3 is 0 Å². The highest BCUT2D eigenvalue weighted by Gasteiger charge is 2.12. The van der Waals surface area contributed by atoms with Crippen molar-refractivity contribution in [3.05, 3.63) is 69.5 Å². The lowest BCUT2D eigenvalue weighted by atomic mass is 10.1. The average Bonchev–Trinajstić information content (AvgIpc) is 2.84. The van der Waals surface area contributed by atoms with Gasteiger partial charge in [0.1, 0.15) is 5.82 Å². The molecule has 108 valence electrons. The first-order valence-corrected chi connectivity index (χ1v) is 6.67. The molecule has 0 saturated heterocycles. The molecule has 0 saturated carbocycles. The summed E-state index contributed by atoms with van der Waals surface area (Å²) in [5.74, 6) is 0.820. The van der Waals surface area contributed by atoms with Crippen molar-refractivity contribution in [2.45, 2.75) is 6.42 Å². The third kappa shape index (κ3) is 2.40. The summed E-state index contributed by atoms with van der Waals surface area (Å²) in [7, 11) is 1.89. The number of non-ortho nitro benzene ring substituents is 1. The van der Waals surface area contributed by atoms with E-state index in [2.05, 4.69) is 11.1 Å². The Morgan fingerprint density at radius 3 is 2.64 bits per heavy atom. The summed E-state index contributed by atoms with van der Waals surface area (Å²) in [5, 5.41) is 19.6. The van der Waals surface area contributed by atoms with Crippen LogP contribution in [0, 0.1) is 21.4 Å². The zero-order valence-corrected chi connectivity index (χ0v) is 11.9. The van der Waals surface area contributed by atoms with Gasteiger partial charge in [-0.25, -0.2) is 4.98 Å². The van der Waals surface area contributed by atoms with Gasteiger partial charge in [0.25, 0.3) is 5.69 Å². The third-order valence-electron chi connectivity index (χ3n) is 3.61. The molecule has 1 aromatic heterocycles. The number of nitrogens with zero attached hydrogens (tertiary/aromatic N) is 4. The van der Waals surface area contributed by atoms with Gasteiger partial charge in [0.05, 0.1) is 27.6 Å². The van der Waals surface area contributed by atoms with Gasteiger partial charge < -0.3 is 4.57 Å². The fraction of sp³-hybridized carbons (Fsp3) is 0.125. The van der Waals surface area contributed by atoms with Crippen molar-refractivity contribution in [1.29, 1.82) is 5.26 Å². The predicted molar refractivity (Wildman–Crippen MR) is 81.3 cm³/mol. The van der Waals surface area contributed by atoms with E-state index in [9.17, 15) is 10.1 Å². The Hall–Kier alpha value is -3.20. The molecule has 6 heteroatoms. The molecule has 0 spiro atoms. The van der Waals surface area contributed by atoms with E-state index in [0.29, 0.717) is 17.5 Å². The van der Waals surface area contributed by atoms with Crippen molar-refractivity contribution in [3.8, 4) is 6.07 Å². The van der Waals surface area contributed by atoms with Crippen molar-refractivity contribution in [2.75, 3.05) is 0 Å². The number of rotatable bonds is 3. The van der Waals surface area contributed by atoms with E-state index < -0.39 is 4.92 Å². The molecule has 0 amide bonds. The number of hydrogen-bond donors (Lipinski definition) is 0. The lowest BCUT2D eigenvalue weighted by Crippen LogP contribution is -1.99. The lowest BCUT2D eigenvalue weighted by molar-refractivity contribution is -0.384. The van der Waals surface area contributed by atoms with Crippen LogP contribution in [0.3, 0.4) is 0 Å². The normalized spacial score (nSPS) is 10.5. The van der Waals surface area contributed by atoms with Crippen LogP contribution in [0.5, 0.6) is 0 Å². The van der Waals surface area contributed by atoms with E-state index >= 15 is 0 Å². The second-order valence-electron chi connectivity index (χ2n) is 5.00. The maximum absolute atomic E-state index is 10.8. The monoisotopic (exact) mass is 292 g/mol. The molecule has 6 nitrogen and oxygen atoms in total. The van der Waals surface area contributed by atoms with Crippen molar-refractivity contribution < 1.29 is 4.92 Å². The van der Waals surface area contributed by atoms with Crippen LogP contribution >= 0.6 is 0 Å². The second kappa shape index (κ2) is 5.30. The Balaban J connectivity index is 1.98. The van der Waals surface area contributed by atoms with Gasteiger partial charge in [0.2, 0.25) is 0 Å². The van der Waals surface area contributed by atoms with Crippen LogP contribution in [0.2, 0.25) is 0 Å². The molecule has 0 aliphatic heterocycles. The largest absolute Gasteiger partial charge is 0.331 e. The number of benzene rings is 2. The highest BCUT2D eigenvalue weighted by molar-refractivity contribution is 5.78. The minimum Gasteiger partial charge on any atom is -0.331 e.